The summed E-state index contributed by atoms with van der Waals surface area (Å²) in [4.78, 5) is 14.3. The molecule has 0 saturated carbocycles. The van der Waals surface area contributed by atoms with Crippen molar-refractivity contribution in [3.8, 4) is 5.75 Å². The minimum atomic E-state index is -0.984. The lowest BCUT2D eigenvalue weighted by Crippen LogP contribution is -2.04. The fraction of sp³-hybridized carbons (Fsp3) is 0.333. The van der Waals surface area contributed by atoms with Crippen LogP contribution in [-0.4, -0.2) is 22.7 Å². The van der Waals surface area contributed by atoms with E-state index in [0.717, 1.165) is 6.08 Å². The molecule has 4 heteroatoms. The van der Waals surface area contributed by atoms with Crippen LogP contribution in [0, 0.1) is 5.92 Å². The zero-order valence-corrected chi connectivity index (χ0v) is 9.38. The van der Waals surface area contributed by atoms with E-state index in [1.807, 2.05) is 0 Å². The summed E-state index contributed by atoms with van der Waals surface area (Å²) in [6, 6.07) is 3.49. The van der Waals surface area contributed by atoms with E-state index in [1.54, 1.807) is 18.3 Å². The lowest BCUT2D eigenvalue weighted by atomic mass is 10.2. The third-order valence-corrected chi connectivity index (χ3v) is 1.74. The molecule has 0 radical (unpaired) electrons. The first-order chi connectivity index (χ1) is 7.58. The van der Waals surface area contributed by atoms with E-state index >= 15 is 0 Å². The quantitative estimate of drug-likeness (QED) is 0.774. The predicted octanol–water partition coefficient (Wildman–Crippen LogP) is 2.21. The predicted molar refractivity (Wildman–Crippen MR) is 61.2 cm³/mol. The number of aromatic nitrogens is 1. The molecule has 4 nitrogen and oxygen atoms in total. The maximum Gasteiger partial charge on any atom is 0.328 e. The van der Waals surface area contributed by atoms with E-state index in [9.17, 15) is 4.79 Å². The third-order valence-electron chi connectivity index (χ3n) is 1.74. The summed E-state index contributed by atoms with van der Waals surface area (Å²) in [5.41, 5.74) is 0.597. The SMILES string of the molecule is CC(C)COc1ccc(/C=C/C(=O)O)nc1. The van der Waals surface area contributed by atoms with Crippen LogP contribution in [0.15, 0.2) is 24.4 Å². The summed E-state index contributed by atoms with van der Waals surface area (Å²) in [7, 11) is 0. The van der Waals surface area contributed by atoms with Crippen molar-refractivity contribution in [3.63, 3.8) is 0 Å². The number of rotatable bonds is 5. The van der Waals surface area contributed by atoms with Gasteiger partial charge in [-0.25, -0.2) is 4.79 Å². The van der Waals surface area contributed by atoms with Crippen LogP contribution in [0.2, 0.25) is 0 Å². The van der Waals surface area contributed by atoms with Gasteiger partial charge >= 0.3 is 5.97 Å². The molecule has 0 aliphatic rings. The van der Waals surface area contributed by atoms with E-state index in [2.05, 4.69) is 18.8 Å². The first-order valence-electron chi connectivity index (χ1n) is 5.08. The first-order valence-corrected chi connectivity index (χ1v) is 5.08. The number of aliphatic carboxylic acids is 1. The van der Waals surface area contributed by atoms with Crippen molar-refractivity contribution in [2.45, 2.75) is 13.8 Å². The van der Waals surface area contributed by atoms with Gasteiger partial charge < -0.3 is 9.84 Å². The highest BCUT2D eigenvalue weighted by Gasteiger charge is 1.97. The molecule has 0 fully saturated rings. The second-order valence-electron chi connectivity index (χ2n) is 3.80. The number of pyridine rings is 1. The molecule has 1 heterocycles. The molecule has 0 spiro atoms. The summed E-state index contributed by atoms with van der Waals surface area (Å²) in [5, 5.41) is 8.44. The summed E-state index contributed by atoms with van der Waals surface area (Å²) < 4.78 is 5.45. The Kier molecular flexibility index (Phi) is 4.51. The van der Waals surface area contributed by atoms with Gasteiger partial charge in [0.25, 0.3) is 0 Å². The van der Waals surface area contributed by atoms with Gasteiger partial charge in [-0.15, -0.1) is 0 Å². The lowest BCUT2D eigenvalue weighted by Gasteiger charge is -2.07. The van der Waals surface area contributed by atoms with E-state index in [0.29, 0.717) is 24.0 Å². The lowest BCUT2D eigenvalue weighted by molar-refractivity contribution is -0.131. The standard InChI is InChI=1S/C12H15NO3/c1-9(2)8-16-11-5-3-10(13-7-11)4-6-12(14)15/h3-7,9H,8H2,1-2H3,(H,14,15)/b6-4+. The third kappa shape index (κ3) is 4.59. The first kappa shape index (κ1) is 12.2. The number of hydrogen-bond acceptors (Lipinski definition) is 3. The number of ether oxygens (including phenoxy) is 1. The maximum atomic E-state index is 10.3. The van der Waals surface area contributed by atoms with Gasteiger partial charge in [-0.1, -0.05) is 13.8 Å². The van der Waals surface area contributed by atoms with E-state index < -0.39 is 5.97 Å². The molecule has 16 heavy (non-hydrogen) atoms. The monoisotopic (exact) mass is 221 g/mol. The fourth-order valence-corrected chi connectivity index (χ4v) is 0.995. The molecule has 0 atom stereocenters. The zero-order chi connectivity index (χ0) is 12.0. The van der Waals surface area contributed by atoms with Crippen LogP contribution in [-0.2, 0) is 4.79 Å². The van der Waals surface area contributed by atoms with Crippen molar-refractivity contribution in [1.29, 1.82) is 0 Å². The highest BCUT2D eigenvalue weighted by molar-refractivity contribution is 5.84. The molecule has 0 amide bonds. The molecule has 86 valence electrons. The second-order valence-corrected chi connectivity index (χ2v) is 3.80. The molecule has 1 N–H and O–H groups in total. The summed E-state index contributed by atoms with van der Waals surface area (Å²) in [6.07, 6.45) is 4.08. The molecular formula is C12H15NO3. The Bertz CT molecular complexity index is 368. The Morgan fingerprint density at radius 3 is 2.81 bits per heavy atom. The molecule has 0 saturated heterocycles. The van der Waals surface area contributed by atoms with Gasteiger partial charge in [-0.3, -0.25) is 4.98 Å². The largest absolute Gasteiger partial charge is 0.492 e. The number of nitrogens with zero attached hydrogens (tertiary/aromatic N) is 1. The molecular weight excluding hydrogens is 206 g/mol. The average molecular weight is 221 g/mol. The maximum absolute atomic E-state index is 10.3. The van der Waals surface area contributed by atoms with Crippen LogP contribution >= 0.6 is 0 Å². The van der Waals surface area contributed by atoms with Crippen molar-refractivity contribution in [2.75, 3.05) is 6.61 Å². The van der Waals surface area contributed by atoms with Gasteiger partial charge in [0.1, 0.15) is 5.75 Å². The Hall–Kier alpha value is -1.84. The molecule has 1 aromatic rings. The molecule has 0 aliphatic heterocycles. The molecule has 0 aromatic carbocycles. The van der Waals surface area contributed by atoms with Crippen LogP contribution < -0.4 is 4.74 Å². The smallest absolute Gasteiger partial charge is 0.328 e. The Morgan fingerprint density at radius 1 is 1.56 bits per heavy atom. The molecule has 1 rings (SSSR count). The van der Waals surface area contributed by atoms with Gasteiger partial charge in [0.15, 0.2) is 0 Å². The van der Waals surface area contributed by atoms with Crippen LogP contribution in [0.3, 0.4) is 0 Å². The number of carboxylic acid groups (broad SMARTS) is 1. The Labute approximate surface area is 94.6 Å². The highest BCUT2D eigenvalue weighted by atomic mass is 16.5. The molecule has 0 unspecified atom stereocenters. The number of hydrogen-bond donors (Lipinski definition) is 1. The molecule has 1 aromatic heterocycles. The zero-order valence-electron chi connectivity index (χ0n) is 9.38. The van der Waals surface area contributed by atoms with Gasteiger partial charge in [0.05, 0.1) is 18.5 Å². The number of carboxylic acids is 1. The van der Waals surface area contributed by atoms with Crippen molar-refractivity contribution in [3.05, 3.63) is 30.1 Å². The van der Waals surface area contributed by atoms with E-state index in [4.69, 9.17) is 9.84 Å². The second kappa shape index (κ2) is 5.90. The topological polar surface area (TPSA) is 59.4 Å². The van der Waals surface area contributed by atoms with Crippen molar-refractivity contribution < 1.29 is 14.6 Å². The molecule has 0 aliphatic carbocycles. The summed E-state index contributed by atoms with van der Waals surface area (Å²) >= 11 is 0. The van der Waals surface area contributed by atoms with Crippen LogP contribution in [0.4, 0.5) is 0 Å². The van der Waals surface area contributed by atoms with Crippen molar-refractivity contribution in [1.82, 2.24) is 4.98 Å². The molecule has 0 bridgehead atoms. The Morgan fingerprint density at radius 2 is 2.31 bits per heavy atom. The average Bonchev–Trinajstić information content (AvgIpc) is 2.25. The van der Waals surface area contributed by atoms with Crippen LogP contribution in [0.5, 0.6) is 5.75 Å². The van der Waals surface area contributed by atoms with Gasteiger partial charge in [0.2, 0.25) is 0 Å². The Balaban J connectivity index is 2.57. The van der Waals surface area contributed by atoms with Crippen LogP contribution in [0.1, 0.15) is 19.5 Å². The number of carbonyl (C=O) groups is 1. The fourth-order valence-electron chi connectivity index (χ4n) is 0.995. The normalized spacial score (nSPS) is 10.9. The van der Waals surface area contributed by atoms with Crippen molar-refractivity contribution in [2.24, 2.45) is 5.92 Å². The van der Waals surface area contributed by atoms with E-state index in [1.165, 1.54) is 6.08 Å². The van der Waals surface area contributed by atoms with Gasteiger partial charge in [0, 0.05) is 6.08 Å². The summed E-state index contributed by atoms with van der Waals surface area (Å²) in [5.74, 6) is 0.176. The minimum absolute atomic E-state index is 0.464. The van der Waals surface area contributed by atoms with Crippen LogP contribution in [0.25, 0.3) is 6.08 Å². The van der Waals surface area contributed by atoms with E-state index in [-0.39, 0.29) is 0 Å². The summed E-state index contributed by atoms with van der Waals surface area (Å²) in [6.45, 7) is 4.78. The highest BCUT2D eigenvalue weighted by Crippen LogP contribution is 2.11. The van der Waals surface area contributed by atoms with Crippen molar-refractivity contribution >= 4 is 12.0 Å². The van der Waals surface area contributed by atoms with Gasteiger partial charge in [-0.05, 0) is 24.1 Å². The van der Waals surface area contributed by atoms with Gasteiger partial charge in [-0.2, -0.15) is 0 Å². The minimum Gasteiger partial charge on any atom is -0.492 e.